The molecule has 0 aliphatic carbocycles. The van der Waals surface area contributed by atoms with E-state index < -0.39 is 0 Å². The molecule has 1 N–H and O–H groups in total. The van der Waals surface area contributed by atoms with Gasteiger partial charge in [-0.1, -0.05) is 36.4 Å². The highest BCUT2D eigenvalue weighted by atomic mass is 16.2. The lowest BCUT2D eigenvalue weighted by atomic mass is 10.0. The van der Waals surface area contributed by atoms with Gasteiger partial charge in [0.2, 0.25) is 0 Å². The van der Waals surface area contributed by atoms with Gasteiger partial charge in [0.25, 0.3) is 5.91 Å². The van der Waals surface area contributed by atoms with E-state index in [0.717, 1.165) is 35.5 Å². The molecule has 2 atom stereocenters. The van der Waals surface area contributed by atoms with E-state index in [2.05, 4.69) is 17.3 Å². The number of likely N-dealkylation sites (tertiary alicyclic amines) is 1. The second kappa shape index (κ2) is 8.15. The fourth-order valence-corrected chi connectivity index (χ4v) is 5.01. The molecule has 0 spiro atoms. The van der Waals surface area contributed by atoms with Crippen molar-refractivity contribution in [2.75, 3.05) is 18.4 Å². The highest BCUT2D eigenvalue weighted by Crippen LogP contribution is 2.39. The highest BCUT2D eigenvalue weighted by Gasteiger charge is 2.44. The lowest BCUT2D eigenvalue weighted by Crippen LogP contribution is -2.51. The number of carbonyl (C=O) groups excluding carboxylic acids is 2. The summed E-state index contributed by atoms with van der Waals surface area (Å²) < 4.78 is 1.77. The van der Waals surface area contributed by atoms with Crippen molar-refractivity contribution in [1.29, 1.82) is 0 Å². The lowest BCUT2D eigenvalue weighted by Gasteiger charge is -2.39. The van der Waals surface area contributed by atoms with Gasteiger partial charge in [0.1, 0.15) is 5.69 Å². The Kier molecular flexibility index (Phi) is 5.17. The minimum atomic E-state index is -0.121. The average Bonchev–Trinajstić information content (AvgIpc) is 3.30. The molecule has 2 unspecified atom stereocenters. The third-order valence-electron chi connectivity index (χ3n) is 6.48. The Morgan fingerprint density at radius 3 is 2.47 bits per heavy atom. The van der Waals surface area contributed by atoms with Crippen LogP contribution >= 0.6 is 0 Å². The molecule has 0 radical (unpaired) electrons. The molecule has 164 valence electrons. The van der Waals surface area contributed by atoms with Gasteiger partial charge in [-0.25, -0.2) is 9.48 Å². The summed E-state index contributed by atoms with van der Waals surface area (Å²) in [5.41, 5.74) is 4.17. The van der Waals surface area contributed by atoms with Crippen molar-refractivity contribution in [3.05, 3.63) is 77.6 Å². The molecule has 2 aliphatic heterocycles. The number of amides is 3. The zero-order valence-corrected chi connectivity index (χ0v) is 18.4. The van der Waals surface area contributed by atoms with Gasteiger partial charge in [-0.2, -0.15) is 5.10 Å². The van der Waals surface area contributed by atoms with E-state index in [1.54, 1.807) is 4.68 Å². The Hall–Kier alpha value is -3.61. The van der Waals surface area contributed by atoms with Crippen LogP contribution in [0.3, 0.4) is 0 Å². The number of nitrogens with zero attached hydrogens (tertiary/aromatic N) is 4. The van der Waals surface area contributed by atoms with Crippen LogP contribution in [-0.2, 0) is 0 Å². The Labute approximate surface area is 187 Å². The van der Waals surface area contributed by atoms with E-state index in [1.165, 1.54) is 0 Å². The molecule has 0 saturated carbocycles. The fourth-order valence-electron chi connectivity index (χ4n) is 5.01. The molecule has 2 aliphatic rings. The molecule has 7 nitrogen and oxygen atoms in total. The van der Waals surface area contributed by atoms with Crippen molar-refractivity contribution in [1.82, 2.24) is 19.6 Å². The first-order valence-electron chi connectivity index (χ1n) is 11.1. The summed E-state index contributed by atoms with van der Waals surface area (Å²) in [5, 5.41) is 7.63. The number of rotatable bonds is 3. The van der Waals surface area contributed by atoms with Crippen LogP contribution in [-0.4, -0.2) is 50.6 Å². The number of aromatic nitrogens is 2. The van der Waals surface area contributed by atoms with Crippen molar-refractivity contribution < 1.29 is 9.59 Å². The SMILES string of the molecule is Cc1nn(-c2ccccc2)c2c1C(C)N(C1CCCN(C(=O)Nc3ccccc3)C1)C2=O. The number of nitrogens with one attached hydrogen (secondary N) is 1. The van der Waals surface area contributed by atoms with Crippen molar-refractivity contribution >= 4 is 17.6 Å². The highest BCUT2D eigenvalue weighted by molar-refractivity contribution is 5.99. The maximum Gasteiger partial charge on any atom is 0.321 e. The molecular formula is C25H27N5O2. The molecule has 2 aromatic carbocycles. The molecule has 3 aromatic rings. The van der Waals surface area contributed by atoms with Crippen LogP contribution in [0.5, 0.6) is 0 Å². The predicted molar refractivity (Wildman–Crippen MR) is 123 cm³/mol. The Morgan fingerprint density at radius 2 is 1.75 bits per heavy atom. The average molecular weight is 430 g/mol. The molecule has 1 saturated heterocycles. The van der Waals surface area contributed by atoms with Gasteiger partial charge in [-0.3, -0.25) is 4.79 Å². The van der Waals surface area contributed by atoms with Gasteiger partial charge < -0.3 is 15.1 Å². The smallest absolute Gasteiger partial charge is 0.321 e. The maximum absolute atomic E-state index is 13.6. The fraction of sp³-hybridized carbons (Fsp3) is 0.320. The first kappa shape index (κ1) is 20.3. The van der Waals surface area contributed by atoms with E-state index >= 15 is 0 Å². The maximum atomic E-state index is 13.6. The van der Waals surface area contributed by atoms with Crippen LogP contribution in [0.2, 0.25) is 0 Å². The molecule has 1 fully saturated rings. The lowest BCUT2D eigenvalue weighted by molar-refractivity contribution is 0.0523. The second-order valence-electron chi connectivity index (χ2n) is 8.52. The number of benzene rings is 2. The van der Waals surface area contributed by atoms with Gasteiger partial charge in [0, 0.05) is 24.3 Å². The van der Waals surface area contributed by atoms with E-state index in [-0.39, 0.29) is 24.0 Å². The van der Waals surface area contributed by atoms with Crippen LogP contribution in [0.15, 0.2) is 60.7 Å². The van der Waals surface area contributed by atoms with E-state index in [0.29, 0.717) is 18.8 Å². The summed E-state index contributed by atoms with van der Waals surface area (Å²) in [4.78, 5) is 30.3. The molecule has 5 rings (SSSR count). The van der Waals surface area contributed by atoms with Gasteiger partial charge in [0.15, 0.2) is 0 Å². The third-order valence-corrected chi connectivity index (χ3v) is 6.48. The van der Waals surface area contributed by atoms with Gasteiger partial charge >= 0.3 is 6.03 Å². The third kappa shape index (κ3) is 3.43. The standard InChI is InChI=1S/C25H27N5O2/c1-17-22-18(2)29(24(31)23(22)30(27-17)20-12-7-4-8-13-20)21-14-9-15-28(16-21)25(32)26-19-10-5-3-6-11-19/h3-8,10-13,18,21H,9,14-16H2,1-2H3,(H,26,32). The summed E-state index contributed by atoms with van der Waals surface area (Å²) in [6, 6.07) is 19.0. The number of piperidine rings is 1. The van der Waals surface area contributed by atoms with E-state index in [4.69, 9.17) is 0 Å². The molecule has 0 bridgehead atoms. The quantitative estimate of drug-likeness (QED) is 0.671. The second-order valence-corrected chi connectivity index (χ2v) is 8.52. The topological polar surface area (TPSA) is 70.5 Å². The first-order chi connectivity index (χ1) is 15.5. The summed E-state index contributed by atoms with van der Waals surface area (Å²) in [5.74, 6) is -0.00716. The van der Waals surface area contributed by atoms with Gasteiger partial charge in [-0.15, -0.1) is 0 Å². The monoisotopic (exact) mass is 429 g/mol. The molecule has 32 heavy (non-hydrogen) atoms. The summed E-state index contributed by atoms with van der Waals surface area (Å²) in [7, 11) is 0. The van der Waals surface area contributed by atoms with Gasteiger partial charge in [-0.05, 0) is 51.0 Å². The van der Waals surface area contributed by atoms with Crippen LogP contribution in [0, 0.1) is 6.92 Å². The van der Waals surface area contributed by atoms with Crippen molar-refractivity contribution in [2.24, 2.45) is 0 Å². The largest absolute Gasteiger partial charge is 0.326 e. The number of anilines is 1. The number of carbonyl (C=O) groups is 2. The molecule has 7 heteroatoms. The number of hydrogen-bond acceptors (Lipinski definition) is 3. The van der Waals surface area contributed by atoms with Crippen LogP contribution in [0.4, 0.5) is 10.5 Å². The van der Waals surface area contributed by atoms with E-state index in [1.807, 2.05) is 77.4 Å². The van der Waals surface area contributed by atoms with E-state index in [9.17, 15) is 9.59 Å². The van der Waals surface area contributed by atoms with Crippen LogP contribution < -0.4 is 5.32 Å². The molecule has 3 heterocycles. The zero-order chi connectivity index (χ0) is 22.2. The first-order valence-corrected chi connectivity index (χ1v) is 11.1. The van der Waals surface area contributed by atoms with Crippen molar-refractivity contribution in [3.8, 4) is 5.69 Å². The summed E-state index contributed by atoms with van der Waals surface area (Å²) >= 11 is 0. The number of fused-ring (bicyclic) bond motifs is 1. The van der Waals surface area contributed by atoms with Crippen LogP contribution in [0.1, 0.15) is 47.6 Å². The molecule has 3 amide bonds. The van der Waals surface area contributed by atoms with Crippen LogP contribution in [0.25, 0.3) is 5.69 Å². The van der Waals surface area contributed by atoms with Crippen molar-refractivity contribution in [3.63, 3.8) is 0 Å². The number of aryl methyl sites for hydroxylation is 1. The molecule has 1 aromatic heterocycles. The summed E-state index contributed by atoms with van der Waals surface area (Å²) in [6.07, 6.45) is 1.75. The minimum absolute atomic E-state index is 0.00716. The van der Waals surface area contributed by atoms with Gasteiger partial charge in [0.05, 0.1) is 23.5 Å². The number of urea groups is 1. The number of para-hydroxylation sites is 2. The zero-order valence-electron chi connectivity index (χ0n) is 18.4. The normalized spacial score (nSPS) is 20.4. The molecular weight excluding hydrogens is 402 g/mol. The minimum Gasteiger partial charge on any atom is -0.326 e. The number of hydrogen-bond donors (Lipinski definition) is 1. The Morgan fingerprint density at radius 1 is 1.06 bits per heavy atom. The Balaban J connectivity index is 1.38. The Bertz CT molecular complexity index is 1140. The summed E-state index contributed by atoms with van der Waals surface area (Å²) in [6.45, 7) is 5.24. The van der Waals surface area contributed by atoms with Crippen molar-refractivity contribution in [2.45, 2.75) is 38.8 Å². The predicted octanol–water partition coefficient (Wildman–Crippen LogP) is 4.39.